The number of hydrogen-bond donors (Lipinski definition) is 2. The van der Waals surface area contributed by atoms with Crippen LogP contribution in [0.3, 0.4) is 0 Å². The summed E-state index contributed by atoms with van der Waals surface area (Å²) in [5.41, 5.74) is 13.3. The molecule has 33 heavy (non-hydrogen) atoms. The highest BCUT2D eigenvalue weighted by molar-refractivity contribution is 7.92. The van der Waals surface area contributed by atoms with E-state index in [2.05, 4.69) is 26.9 Å². The Labute approximate surface area is 194 Å². The molecule has 10 nitrogen and oxygen atoms in total. The smallest absolute Gasteiger partial charge is 0.318 e. The predicted octanol–water partition coefficient (Wildman–Crippen LogP) is 2.22. The van der Waals surface area contributed by atoms with Crippen LogP contribution in [0.2, 0.25) is 0 Å². The molecule has 1 fully saturated rings. The summed E-state index contributed by atoms with van der Waals surface area (Å²) in [7, 11) is -3.35. The van der Waals surface area contributed by atoms with Crippen molar-refractivity contribution >= 4 is 34.0 Å². The van der Waals surface area contributed by atoms with Crippen LogP contribution in [0.5, 0.6) is 0 Å². The van der Waals surface area contributed by atoms with Gasteiger partial charge in [0.15, 0.2) is 21.4 Å². The molecule has 0 aliphatic carbocycles. The Balaban J connectivity index is 1.89. The van der Waals surface area contributed by atoms with Gasteiger partial charge < -0.3 is 20.8 Å². The molecule has 1 aliphatic rings. The quantitative estimate of drug-likeness (QED) is 0.553. The molecule has 3 rings (SSSR count). The first kappa shape index (κ1) is 24.6. The van der Waals surface area contributed by atoms with Crippen molar-refractivity contribution in [2.24, 2.45) is 27.4 Å². The summed E-state index contributed by atoms with van der Waals surface area (Å²) in [5, 5.41) is 7.78. The van der Waals surface area contributed by atoms with Gasteiger partial charge in [-0.2, -0.15) is 0 Å². The van der Waals surface area contributed by atoms with Crippen LogP contribution in [0.15, 0.2) is 49.4 Å². The second kappa shape index (κ2) is 10.3. The standard InChI is InChI=1S/C22H31N7O3S/c1-14(2)33(30,31)18-9-7-17(8-10-18)15(3)26-19(20(24)25-4)21-27-28-22(32-21)29-11-5-6-16(12-23)13-29/h7-10,14,16H,4-6,11-13,23-24H2,1-3H3/b20-19-,26-15+. The summed E-state index contributed by atoms with van der Waals surface area (Å²) >= 11 is 0. The van der Waals surface area contributed by atoms with Crippen molar-refractivity contribution in [1.82, 2.24) is 10.2 Å². The number of nitrogens with zero attached hydrogens (tertiary/aromatic N) is 5. The zero-order valence-electron chi connectivity index (χ0n) is 19.2. The van der Waals surface area contributed by atoms with Gasteiger partial charge in [0, 0.05) is 18.8 Å². The summed E-state index contributed by atoms with van der Waals surface area (Å²) < 4.78 is 30.6. The van der Waals surface area contributed by atoms with Crippen LogP contribution < -0.4 is 16.4 Å². The Hall–Kier alpha value is -3.05. The van der Waals surface area contributed by atoms with Gasteiger partial charge in [0.25, 0.3) is 5.89 Å². The number of hydrogen-bond acceptors (Lipinski definition) is 10. The van der Waals surface area contributed by atoms with Crippen LogP contribution >= 0.6 is 0 Å². The van der Waals surface area contributed by atoms with Gasteiger partial charge in [0.05, 0.1) is 10.1 Å². The van der Waals surface area contributed by atoms with Crippen molar-refractivity contribution in [3.63, 3.8) is 0 Å². The second-order valence-corrected chi connectivity index (χ2v) is 10.8. The third-order valence-corrected chi connectivity index (χ3v) is 7.82. The number of benzene rings is 1. The van der Waals surface area contributed by atoms with Gasteiger partial charge in [-0.15, -0.1) is 5.10 Å². The van der Waals surface area contributed by atoms with E-state index in [1.807, 2.05) is 4.90 Å². The Morgan fingerprint density at radius 2 is 2.00 bits per heavy atom. The molecule has 1 saturated heterocycles. The van der Waals surface area contributed by atoms with Gasteiger partial charge in [0.2, 0.25) is 0 Å². The Morgan fingerprint density at radius 1 is 1.30 bits per heavy atom. The number of sulfone groups is 1. The van der Waals surface area contributed by atoms with Crippen LogP contribution in [-0.4, -0.2) is 55.9 Å². The van der Waals surface area contributed by atoms with Crippen molar-refractivity contribution in [3.8, 4) is 0 Å². The van der Waals surface area contributed by atoms with Gasteiger partial charge in [0.1, 0.15) is 0 Å². The third kappa shape index (κ3) is 5.48. The van der Waals surface area contributed by atoms with Crippen LogP contribution in [0.4, 0.5) is 6.01 Å². The average molecular weight is 474 g/mol. The Kier molecular flexibility index (Phi) is 7.65. The third-order valence-electron chi connectivity index (χ3n) is 5.65. The highest BCUT2D eigenvalue weighted by Crippen LogP contribution is 2.26. The molecule has 1 aromatic carbocycles. The summed E-state index contributed by atoms with van der Waals surface area (Å²) in [5.74, 6) is 0.553. The lowest BCUT2D eigenvalue weighted by Gasteiger charge is -2.30. The van der Waals surface area contributed by atoms with E-state index < -0.39 is 15.1 Å². The maximum Gasteiger partial charge on any atom is 0.318 e. The van der Waals surface area contributed by atoms with Crippen molar-refractivity contribution in [2.45, 2.75) is 43.8 Å². The maximum absolute atomic E-state index is 12.4. The van der Waals surface area contributed by atoms with E-state index in [9.17, 15) is 8.42 Å². The number of piperidine rings is 1. The Bertz CT molecular complexity index is 1150. The summed E-state index contributed by atoms with van der Waals surface area (Å²) in [4.78, 5) is 10.6. The van der Waals surface area contributed by atoms with Gasteiger partial charge >= 0.3 is 6.01 Å². The Morgan fingerprint density at radius 3 is 2.61 bits per heavy atom. The van der Waals surface area contributed by atoms with Crippen LogP contribution in [0.25, 0.3) is 5.70 Å². The van der Waals surface area contributed by atoms with E-state index in [0.717, 1.165) is 25.9 Å². The fraction of sp³-hybridized carbons (Fsp3) is 0.455. The summed E-state index contributed by atoms with van der Waals surface area (Å²) in [6.07, 6.45) is 2.08. The largest absolute Gasteiger partial charge is 0.401 e. The minimum Gasteiger partial charge on any atom is -0.401 e. The molecule has 178 valence electrons. The molecule has 2 heterocycles. The minimum atomic E-state index is -3.35. The first-order valence-corrected chi connectivity index (χ1v) is 12.4. The van der Waals surface area contributed by atoms with E-state index in [4.69, 9.17) is 15.9 Å². The van der Waals surface area contributed by atoms with Crippen molar-refractivity contribution in [1.29, 1.82) is 0 Å². The summed E-state index contributed by atoms with van der Waals surface area (Å²) in [6, 6.07) is 6.91. The lowest BCUT2D eigenvalue weighted by atomic mass is 9.99. The molecule has 0 saturated carbocycles. The van der Waals surface area contributed by atoms with Crippen molar-refractivity contribution in [2.75, 3.05) is 24.5 Å². The van der Waals surface area contributed by atoms with Gasteiger partial charge in [-0.05, 0) is 70.5 Å². The van der Waals surface area contributed by atoms with Crippen LogP contribution in [0, 0.1) is 5.92 Å². The predicted molar refractivity (Wildman–Crippen MR) is 130 cm³/mol. The number of aliphatic imine (C=N–C) groups is 2. The monoisotopic (exact) mass is 473 g/mol. The summed E-state index contributed by atoms with van der Waals surface area (Å²) in [6.45, 7) is 10.7. The lowest BCUT2D eigenvalue weighted by Crippen LogP contribution is -2.38. The minimum absolute atomic E-state index is 0.0436. The number of aromatic nitrogens is 2. The molecule has 1 atom stereocenters. The molecule has 1 aliphatic heterocycles. The number of nitrogens with two attached hydrogens (primary N) is 2. The van der Waals surface area contributed by atoms with Gasteiger partial charge in [-0.1, -0.05) is 17.2 Å². The van der Waals surface area contributed by atoms with Gasteiger partial charge in [-0.25, -0.2) is 18.4 Å². The van der Waals surface area contributed by atoms with Crippen LogP contribution in [-0.2, 0) is 9.84 Å². The number of rotatable bonds is 8. The second-order valence-electron chi connectivity index (χ2n) is 8.29. The van der Waals surface area contributed by atoms with Crippen molar-refractivity contribution in [3.05, 3.63) is 41.5 Å². The molecule has 1 unspecified atom stereocenters. The van der Waals surface area contributed by atoms with Gasteiger partial charge in [-0.3, -0.25) is 0 Å². The molecule has 0 bridgehead atoms. The molecule has 0 amide bonds. The highest BCUT2D eigenvalue weighted by Gasteiger charge is 2.24. The molecule has 4 N–H and O–H groups in total. The lowest BCUT2D eigenvalue weighted by molar-refractivity contribution is 0.397. The molecule has 1 aromatic heterocycles. The topological polar surface area (TPSA) is 153 Å². The highest BCUT2D eigenvalue weighted by atomic mass is 32.2. The van der Waals surface area contributed by atoms with E-state index >= 15 is 0 Å². The zero-order chi connectivity index (χ0) is 24.2. The van der Waals surface area contributed by atoms with E-state index in [-0.39, 0.29) is 22.3 Å². The zero-order valence-corrected chi connectivity index (χ0v) is 20.0. The van der Waals surface area contributed by atoms with E-state index in [1.165, 1.54) is 0 Å². The normalized spacial score (nSPS) is 18.4. The molecular formula is C22H31N7O3S. The first-order chi connectivity index (χ1) is 15.7. The fourth-order valence-electron chi connectivity index (χ4n) is 3.55. The molecule has 2 aromatic rings. The number of anilines is 1. The van der Waals surface area contributed by atoms with Crippen molar-refractivity contribution < 1.29 is 12.8 Å². The molecule has 0 spiro atoms. The van der Waals surface area contributed by atoms with E-state index in [0.29, 0.717) is 29.8 Å². The molecule has 0 radical (unpaired) electrons. The molecular weight excluding hydrogens is 442 g/mol. The molecule has 11 heteroatoms. The van der Waals surface area contributed by atoms with Crippen LogP contribution in [0.1, 0.15) is 45.1 Å². The first-order valence-electron chi connectivity index (χ1n) is 10.8. The fourth-order valence-corrected chi connectivity index (χ4v) is 4.61. The maximum atomic E-state index is 12.4. The van der Waals surface area contributed by atoms with E-state index in [1.54, 1.807) is 45.0 Å². The average Bonchev–Trinajstić information content (AvgIpc) is 3.32. The SMILES string of the molecule is C=N/C(N)=C(\N=C(/C)c1ccc(S(=O)(=O)C(C)C)cc1)c1nnc(N2CCCC(CN)C2)o1.